The van der Waals surface area contributed by atoms with Gasteiger partial charge in [0.1, 0.15) is 35.7 Å². The zero-order chi connectivity index (χ0) is 33.5. The van der Waals surface area contributed by atoms with Crippen LogP contribution in [0.2, 0.25) is 0 Å². The summed E-state index contributed by atoms with van der Waals surface area (Å²) < 4.78 is 4.90. The SMILES string of the molecule is CC.CC.CC.CNc1ccc(C)c(C#CC(=N)c2c(N)ncnc2NC2CCN(C)CC2)c1.COc1cccc(C=O)c1. The minimum atomic E-state index is 0.114. The Hall–Kier alpha value is -4.42. The molecule has 1 fully saturated rings. The molecule has 1 aliphatic heterocycles. The third-order valence-electron chi connectivity index (χ3n) is 6.26. The largest absolute Gasteiger partial charge is 0.497 e. The molecule has 1 aromatic heterocycles. The first-order valence-electron chi connectivity index (χ1n) is 15.4. The number of anilines is 3. The Balaban J connectivity index is 0.000000963. The average Bonchev–Trinajstić information content (AvgIpc) is 3.08. The van der Waals surface area contributed by atoms with Crippen molar-refractivity contribution in [3.8, 4) is 17.6 Å². The van der Waals surface area contributed by atoms with Crippen LogP contribution in [0.4, 0.5) is 17.3 Å². The van der Waals surface area contributed by atoms with Crippen LogP contribution in [0.1, 0.15) is 81.4 Å². The first-order chi connectivity index (χ1) is 21.3. The molecule has 0 amide bonds. The molecule has 0 radical (unpaired) electrons. The Labute approximate surface area is 265 Å². The van der Waals surface area contributed by atoms with Gasteiger partial charge < -0.3 is 26.0 Å². The maximum Gasteiger partial charge on any atom is 0.150 e. The van der Waals surface area contributed by atoms with Crippen LogP contribution in [0.3, 0.4) is 0 Å². The molecule has 5 N–H and O–H groups in total. The highest BCUT2D eigenvalue weighted by molar-refractivity contribution is 6.16. The molecule has 1 aliphatic rings. The van der Waals surface area contributed by atoms with Gasteiger partial charge in [-0.25, -0.2) is 9.97 Å². The Kier molecular flexibility index (Phi) is 20.8. The topological polar surface area (TPSA) is 129 Å². The van der Waals surface area contributed by atoms with Crippen LogP contribution < -0.4 is 21.1 Å². The molecule has 9 nitrogen and oxygen atoms in total. The molecule has 2 aromatic carbocycles. The van der Waals surface area contributed by atoms with Crippen LogP contribution in [-0.2, 0) is 0 Å². The number of hydrogen-bond acceptors (Lipinski definition) is 9. The second-order valence-corrected chi connectivity index (χ2v) is 9.00. The van der Waals surface area contributed by atoms with Crippen LogP contribution in [0, 0.1) is 24.2 Å². The molecule has 0 aliphatic carbocycles. The predicted octanol–water partition coefficient (Wildman–Crippen LogP) is 6.92. The summed E-state index contributed by atoms with van der Waals surface area (Å²) in [5, 5.41) is 15.0. The number of aldehydes is 1. The Morgan fingerprint density at radius 2 is 1.73 bits per heavy atom. The maximum atomic E-state index is 10.2. The van der Waals surface area contributed by atoms with E-state index >= 15 is 0 Å². The Bertz CT molecular complexity index is 1320. The minimum absolute atomic E-state index is 0.114. The lowest BCUT2D eigenvalue weighted by Gasteiger charge is -2.30. The highest BCUT2D eigenvalue weighted by Crippen LogP contribution is 2.22. The standard InChI is InChI=1S/C21H27N7.C8H8O2.3C2H6/c1-14-4-6-17(24-2)12-15(14)5-7-18(22)19-20(23)25-13-26-21(19)27-16-8-10-28(3)11-9-16;1-10-8-4-2-3-7(5-8)6-9;3*1-2/h4,6,12-13,16,22,24H,8-11H2,1-3H3,(H3,23,25,26,27);2-6H,1H3;3*1-2H3. The zero-order valence-electron chi connectivity index (χ0n) is 28.3. The number of carbonyl (C=O) groups is 1. The highest BCUT2D eigenvalue weighted by atomic mass is 16.5. The van der Waals surface area contributed by atoms with Crippen LogP contribution in [0.15, 0.2) is 48.8 Å². The minimum Gasteiger partial charge on any atom is -0.497 e. The Morgan fingerprint density at radius 1 is 1.07 bits per heavy atom. The van der Waals surface area contributed by atoms with Crippen molar-refractivity contribution in [1.29, 1.82) is 5.41 Å². The number of methoxy groups -OCH3 is 1. The molecule has 3 aromatic rings. The number of nitrogen functional groups attached to an aromatic ring is 1. The zero-order valence-corrected chi connectivity index (χ0v) is 28.3. The molecule has 0 bridgehead atoms. The number of carbonyl (C=O) groups excluding carboxylic acids is 1. The molecule has 240 valence electrons. The number of ether oxygens (including phenoxy) is 1. The fraction of sp³-hybridized carbons (Fsp3) is 0.429. The van der Waals surface area contributed by atoms with Gasteiger partial charge >= 0.3 is 0 Å². The van der Waals surface area contributed by atoms with Crippen molar-refractivity contribution < 1.29 is 9.53 Å². The number of aryl methyl sites for hydroxylation is 1. The van der Waals surface area contributed by atoms with Crippen molar-refractivity contribution in [2.45, 2.75) is 67.3 Å². The third-order valence-corrected chi connectivity index (χ3v) is 6.26. The lowest BCUT2D eigenvalue weighted by molar-refractivity contribution is 0.112. The van der Waals surface area contributed by atoms with Gasteiger partial charge in [-0.2, -0.15) is 0 Å². The first-order valence-corrected chi connectivity index (χ1v) is 15.4. The van der Waals surface area contributed by atoms with Gasteiger partial charge in [-0.3, -0.25) is 10.2 Å². The monoisotopic (exact) mass is 603 g/mol. The number of nitrogens with one attached hydrogen (secondary N) is 3. The summed E-state index contributed by atoms with van der Waals surface area (Å²) in [4.78, 5) is 20.9. The molecule has 0 spiro atoms. The number of rotatable bonds is 6. The molecule has 0 atom stereocenters. The number of benzene rings is 2. The number of piperidine rings is 1. The van der Waals surface area contributed by atoms with Gasteiger partial charge in [0.2, 0.25) is 0 Å². The van der Waals surface area contributed by atoms with E-state index in [1.807, 2.05) is 73.7 Å². The quantitative estimate of drug-likeness (QED) is 0.136. The van der Waals surface area contributed by atoms with Gasteiger partial charge in [-0.05, 0) is 75.7 Å². The van der Waals surface area contributed by atoms with Gasteiger partial charge in [0.25, 0.3) is 0 Å². The summed E-state index contributed by atoms with van der Waals surface area (Å²) in [7, 11) is 5.57. The normalized spacial score (nSPS) is 11.9. The van der Waals surface area contributed by atoms with E-state index in [0.717, 1.165) is 49.0 Å². The summed E-state index contributed by atoms with van der Waals surface area (Å²) in [6, 6.07) is 13.3. The Morgan fingerprint density at radius 3 is 2.32 bits per heavy atom. The van der Waals surface area contributed by atoms with Crippen LogP contribution in [0.5, 0.6) is 5.75 Å². The van der Waals surface area contributed by atoms with Crippen molar-refractivity contribution in [2.75, 3.05) is 50.7 Å². The van der Waals surface area contributed by atoms with Gasteiger partial charge in [0.15, 0.2) is 0 Å². The molecule has 2 heterocycles. The summed E-state index contributed by atoms with van der Waals surface area (Å²) in [6.45, 7) is 16.1. The molecule has 0 unspecified atom stereocenters. The van der Waals surface area contributed by atoms with Crippen molar-refractivity contribution in [3.63, 3.8) is 0 Å². The van der Waals surface area contributed by atoms with Gasteiger partial charge in [-0.15, -0.1) is 0 Å². The number of likely N-dealkylation sites (tertiary alicyclic amines) is 1. The second kappa shape index (κ2) is 23.1. The van der Waals surface area contributed by atoms with E-state index in [2.05, 4.69) is 44.4 Å². The van der Waals surface area contributed by atoms with Crippen molar-refractivity contribution in [2.24, 2.45) is 0 Å². The van der Waals surface area contributed by atoms with Gasteiger partial charge in [0, 0.05) is 29.9 Å². The van der Waals surface area contributed by atoms with Crippen LogP contribution in [-0.4, -0.2) is 67.2 Å². The highest BCUT2D eigenvalue weighted by Gasteiger charge is 2.20. The van der Waals surface area contributed by atoms with E-state index in [4.69, 9.17) is 15.9 Å². The molecule has 0 saturated carbocycles. The van der Waals surface area contributed by atoms with E-state index < -0.39 is 0 Å². The van der Waals surface area contributed by atoms with Crippen molar-refractivity contribution >= 4 is 29.3 Å². The average molecular weight is 604 g/mol. The molecule has 44 heavy (non-hydrogen) atoms. The predicted molar refractivity (Wildman–Crippen MR) is 187 cm³/mol. The molecule has 9 heteroatoms. The molecular formula is C35H53N7O2. The summed E-state index contributed by atoms with van der Waals surface area (Å²) in [5.41, 5.74) is 10.2. The smallest absolute Gasteiger partial charge is 0.150 e. The number of nitrogens with two attached hydrogens (primary N) is 1. The second-order valence-electron chi connectivity index (χ2n) is 9.00. The van der Waals surface area contributed by atoms with Crippen molar-refractivity contribution in [3.05, 3.63) is 71.0 Å². The fourth-order valence-electron chi connectivity index (χ4n) is 3.92. The summed E-state index contributed by atoms with van der Waals surface area (Å²) >= 11 is 0. The van der Waals surface area contributed by atoms with E-state index in [9.17, 15) is 4.79 Å². The van der Waals surface area contributed by atoms with Crippen LogP contribution >= 0.6 is 0 Å². The maximum absolute atomic E-state index is 10.2. The first kappa shape index (κ1) is 39.6. The van der Waals surface area contributed by atoms with E-state index in [1.165, 1.54) is 6.33 Å². The van der Waals surface area contributed by atoms with Crippen molar-refractivity contribution in [1.82, 2.24) is 14.9 Å². The third kappa shape index (κ3) is 13.3. The number of nitrogens with zero attached hydrogens (tertiary/aromatic N) is 3. The van der Waals surface area contributed by atoms with Gasteiger partial charge in [0.05, 0.1) is 12.7 Å². The lowest BCUT2D eigenvalue weighted by Crippen LogP contribution is -2.37. The van der Waals surface area contributed by atoms with Gasteiger partial charge in [-0.1, -0.05) is 65.7 Å². The molecular weight excluding hydrogens is 550 g/mol. The lowest BCUT2D eigenvalue weighted by atomic mass is 10.0. The molecule has 4 rings (SSSR count). The summed E-state index contributed by atoms with van der Waals surface area (Å²) in [5.74, 6) is 7.59. The van der Waals surface area contributed by atoms with Crippen LogP contribution in [0.25, 0.3) is 0 Å². The summed E-state index contributed by atoms with van der Waals surface area (Å²) in [6.07, 6.45) is 4.27. The molecule has 1 saturated heterocycles. The fourth-order valence-corrected chi connectivity index (χ4v) is 3.92. The van der Waals surface area contributed by atoms with E-state index in [-0.39, 0.29) is 11.5 Å². The number of hydrogen-bond donors (Lipinski definition) is 4. The van der Waals surface area contributed by atoms with E-state index in [0.29, 0.717) is 28.7 Å². The van der Waals surface area contributed by atoms with E-state index in [1.54, 1.807) is 31.4 Å². The number of aromatic nitrogens is 2.